The fourth-order valence-corrected chi connectivity index (χ4v) is 3.67. The second-order valence-electron chi connectivity index (χ2n) is 6.27. The molecule has 1 heteroatoms. The number of benzene rings is 1. The molecule has 1 N–H and O–H groups in total. The van der Waals surface area contributed by atoms with Crippen molar-refractivity contribution in [3.63, 3.8) is 0 Å². The highest BCUT2D eigenvalue weighted by atomic mass is 16.3. The molecule has 98 valence electrons. The molecular formula is C17H24O. The molecular weight excluding hydrogens is 220 g/mol. The van der Waals surface area contributed by atoms with E-state index >= 15 is 0 Å². The molecule has 2 saturated carbocycles. The van der Waals surface area contributed by atoms with E-state index in [1.807, 2.05) is 0 Å². The first-order chi connectivity index (χ1) is 8.81. The lowest BCUT2D eigenvalue weighted by Gasteiger charge is -2.35. The van der Waals surface area contributed by atoms with Crippen molar-refractivity contribution in [1.29, 1.82) is 0 Å². The minimum absolute atomic E-state index is 0.0656. The van der Waals surface area contributed by atoms with Gasteiger partial charge in [-0.3, -0.25) is 0 Å². The Kier molecular flexibility index (Phi) is 3.43. The highest BCUT2D eigenvalue weighted by Crippen LogP contribution is 2.46. The fraction of sp³-hybridized carbons (Fsp3) is 0.647. The maximum absolute atomic E-state index is 10.7. The summed E-state index contributed by atoms with van der Waals surface area (Å²) in [5, 5.41) is 10.7. The van der Waals surface area contributed by atoms with Gasteiger partial charge >= 0.3 is 0 Å². The van der Waals surface area contributed by atoms with Gasteiger partial charge in [0, 0.05) is 5.41 Å². The van der Waals surface area contributed by atoms with Gasteiger partial charge < -0.3 is 5.11 Å². The van der Waals surface area contributed by atoms with Gasteiger partial charge in [0.2, 0.25) is 0 Å². The largest absolute Gasteiger partial charge is 0.392 e. The first-order valence-electron chi connectivity index (χ1n) is 7.55. The van der Waals surface area contributed by atoms with E-state index in [2.05, 4.69) is 30.3 Å². The molecule has 3 rings (SSSR count). The van der Waals surface area contributed by atoms with E-state index in [9.17, 15) is 5.11 Å². The zero-order valence-corrected chi connectivity index (χ0v) is 11.1. The molecule has 2 aliphatic carbocycles. The van der Waals surface area contributed by atoms with Gasteiger partial charge in [0.1, 0.15) is 0 Å². The first-order valence-corrected chi connectivity index (χ1v) is 7.55. The quantitative estimate of drug-likeness (QED) is 0.828. The SMILES string of the molecule is OC(CCC1CC1)C1(c2ccccc2)CCCC1. The summed E-state index contributed by atoms with van der Waals surface area (Å²) < 4.78 is 0. The molecule has 0 heterocycles. The van der Waals surface area contributed by atoms with Gasteiger partial charge in [-0.15, -0.1) is 0 Å². The average Bonchev–Trinajstić information content (AvgIpc) is 3.11. The van der Waals surface area contributed by atoms with Gasteiger partial charge in [-0.2, -0.15) is 0 Å². The van der Waals surface area contributed by atoms with Crippen LogP contribution in [0, 0.1) is 5.92 Å². The summed E-state index contributed by atoms with van der Waals surface area (Å²) in [6.45, 7) is 0. The van der Waals surface area contributed by atoms with Gasteiger partial charge in [0.05, 0.1) is 6.10 Å². The Morgan fingerprint density at radius 1 is 1.11 bits per heavy atom. The van der Waals surface area contributed by atoms with Crippen LogP contribution in [0.15, 0.2) is 30.3 Å². The number of aliphatic hydroxyl groups is 1. The van der Waals surface area contributed by atoms with Crippen molar-refractivity contribution in [2.45, 2.75) is 62.9 Å². The third-order valence-electron chi connectivity index (χ3n) is 5.03. The lowest BCUT2D eigenvalue weighted by Crippen LogP contribution is -2.37. The second-order valence-corrected chi connectivity index (χ2v) is 6.27. The Bertz CT molecular complexity index is 374. The molecule has 0 amide bonds. The maximum atomic E-state index is 10.7. The van der Waals surface area contributed by atoms with E-state index in [1.165, 1.54) is 50.5 Å². The van der Waals surface area contributed by atoms with Gasteiger partial charge in [-0.1, -0.05) is 56.0 Å². The fourth-order valence-electron chi connectivity index (χ4n) is 3.67. The van der Waals surface area contributed by atoms with Crippen LogP contribution in [-0.4, -0.2) is 11.2 Å². The Balaban J connectivity index is 1.77. The topological polar surface area (TPSA) is 20.2 Å². The third-order valence-corrected chi connectivity index (χ3v) is 5.03. The van der Waals surface area contributed by atoms with E-state index < -0.39 is 0 Å². The summed E-state index contributed by atoms with van der Waals surface area (Å²) in [5.41, 5.74) is 1.43. The number of hydrogen-bond donors (Lipinski definition) is 1. The Morgan fingerprint density at radius 3 is 2.39 bits per heavy atom. The molecule has 18 heavy (non-hydrogen) atoms. The molecule has 0 aliphatic heterocycles. The van der Waals surface area contributed by atoms with Crippen LogP contribution in [0.4, 0.5) is 0 Å². The first kappa shape index (κ1) is 12.2. The Labute approximate surface area is 110 Å². The molecule has 1 nitrogen and oxygen atoms in total. The van der Waals surface area contributed by atoms with E-state index in [0.29, 0.717) is 0 Å². The summed E-state index contributed by atoms with van der Waals surface area (Å²) in [7, 11) is 0. The molecule has 1 atom stereocenters. The predicted molar refractivity (Wildman–Crippen MR) is 74.6 cm³/mol. The van der Waals surface area contributed by atoms with Crippen LogP contribution in [-0.2, 0) is 5.41 Å². The second kappa shape index (κ2) is 5.05. The van der Waals surface area contributed by atoms with Crippen LogP contribution >= 0.6 is 0 Å². The van der Waals surface area contributed by atoms with Crippen LogP contribution < -0.4 is 0 Å². The molecule has 0 spiro atoms. The highest BCUT2D eigenvalue weighted by Gasteiger charge is 2.42. The maximum Gasteiger partial charge on any atom is 0.0636 e. The van der Waals surface area contributed by atoms with E-state index in [4.69, 9.17) is 0 Å². The molecule has 1 unspecified atom stereocenters. The highest BCUT2D eigenvalue weighted by molar-refractivity contribution is 5.28. The van der Waals surface area contributed by atoms with Crippen LogP contribution in [0.25, 0.3) is 0 Å². The molecule has 0 saturated heterocycles. The van der Waals surface area contributed by atoms with E-state index in [0.717, 1.165) is 12.3 Å². The molecule has 0 bridgehead atoms. The molecule has 2 fully saturated rings. The van der Waals surface area contributed by atoms with E-state index in [-0.39, 0.29) is 11.5 Å². The van der Waals surface area contributed by atoms with E-state index in [1.54, 1.807) is 0 Å². The number of hydrogen-bond acceptors (Lipinski definition) is 1. The van der Waals surface area contributed by atoms with Crippen LogP contribution in [0.2, 0.25) is 0 Å². The van der Waals surface area contributed by atoms with Crippen molar-refractivity contribution in [3.05, 3.63) is 35.9 Å². The summed E-state index contributed by atoms with van der Waals surface area (Å²) in [5.74, 6) is 0.925. The summed E-state index contributed by atoms with van der Waals surface area (Å²) in [6, 6.07) is 10.7. The van der Waals surface area contributed by atoms with Crippen molar-refractivity contribution < 1.29 is 5.11 Å². The third kappa shape index (κ3) is 2.33. The normalized spacial score (nSPS) is 24.1. The zero-order valence-electron chi connectivity index (χ0n) is 11.1. The average molecular weight is 244 g/mol. The molecule has 2 aliphatic rings. The Hall–Kier alpha value is -0.820. The van der Waals surface area contributed by atoms with Crippen LogP contribution in [0.5, 0.6) is 0 Å². The number of aliphatic hydroxyl groups excluding tert-OH is 1. The lowest BCUT2D eigenvalue weighted by atomic mass is 9.72. The van der Waals surface area contributed by atoms with Crippen LogP contribution in [0.3, 0.4) is 0 Å². The van der Waals surface area contributed by atoms with Gasteiger partial charge in [-0.05, 0) is 37.2 Å². The van der Waals surface area contributed by atoms with Crippen molar-refractivity contribution >= 4 is 0 Å². The molecule has 1 aromatic carbocycles. The molecule has 0 radical (unpaired) electrons. The summed E-state index contributed by atoms with van der Waals surface area (Å²) >= 11 is 0. The number of rotatable bonds is 5. The van der Waals surface area contributed by atoms with Gasteiger partial charge in [0.25, 0.3) is 0 Å². The van der Waals surface area contributed by atoms with Gasteiger partial charge in [0.15, 0.2) is 0 Å². The van der Waals surface area contributed by atoms with Crippen molar-refractivity contribution in [2.24, 2.45) is 5.92 Å². The lowest BCUT2D eigenvalue weighted by molar-refractivity contribution is 0.0711. The zero-order chi connectivity index (χ0) is 12.4. The van der Waals surface area contributed by atoms with Crippen LogP contribution in [0.1, 0.15) is 56.9 Å². The van der Waals surface area contributed by atoms with Crippen molar-refractivity contribution in [2.75, 3.05) is 0 Å². The molecule has 1 aromatic rings. The monoisotopic (exact) mass is 244 g/mol. The summed E-state index contributed by atoms with van der Waals surface area (Å²) in [4.78, 5) is 0. The minimum atomic E-state index is -0.136. The van der Waals surface area contributed by atoms with Crippen molar-refractivity contribution in [3.8, 4) is 0 Å². The Morgan fingerprint density at radius 2 is 1.78 bits per heavy atom. The van der Waals surface area contributed by atoms with Gasteiger partial charge in [-0.25, -0.2) is 0 Å². The van der Waals surface area contributed by atoms with Crippen molar-refractivity contribution in [1.82, 2.24) is 0 Å². The predicted octanol–water partition coefficient (Wildman–Crippen LogP) is 4.05. The summed E-state index contributed by atoms with van der Waals surface area (Å²) in [6.07, 6.45) is 9.77. The smallest absolute Gasteiger partial charge is 0.0636 e. The standard InChI is InChI=1S/C17H24O/c18-16(11-10-14-8-9-14)17(12-4-5-13-17)15-6-2-1-3-7-15/h1-3,6-7,14,16,18H,4-5,8-13H2. The minimum Gasteiger partial charge on any atom is -0.392 e. The molecule has 0 aromatic heterocycles.